The second-order valence-corrected chi connectivity index (χ2v) is 5.02. The van der Waals surface area contributed by atoms with Gasteiger partial charge in [-0.15, -0.1) is 0 Å². The molecule has 2 rings (SSSR count). The highest BCUT2D eigenvalue weighted by atomic mass is 19.1. The van der Waals surface area contributed by atoms with Gasteiger partial charge in [-0.05, 0) is 31.3 Å². The molecule has 3 nitrogen and oxygen atoms in total. The summed E-state index contributed by atoms with van der Waals surface area (Å²) in [6.45, 7) is 2.99. The summed E-state index contributed by atoms with van der Waals surface area (Å²) in [7, 11) is 1.91. The van der Waals surface area contributed by atoms with Crippen molar-refractivity contribution in [1.82, 2.24) is 4.90 Å². The highest BCUT2D eigenvalue weighted by molar-refractivity contribution is 5.98. The van der Waals surface area contributed by atoms with Crippen molar-refractivity contribution in [2.75, 3.05) is 13.6 Å². The Bertz CT molecular complexity index is 566. The third-order valence-electron chi connectivity index (χ3n) is 3.18. The molecule has 1 aromatic carbocycles. The summed E-state index contributed by atoms with van der Waals surface area (Å²) in [6.07, 6.45) is 1.62. The number of halogens is 1. The first-order valence-electron chi connectivity index (χ1n) is 6.57. The summed E-state index contributed by atoms with van der Waals surface area (Å²) in [5.74, 6) is -0.0580. The largest absolute Gasteiger partial charge is 0.468 e. The number of hydrogen-bond acceptors (Lipinski definition) is 3. The summed E-state index contributed by atoms with van der Waals surface area (Å²) in [5.41, 5.74) is 0.159. The van der Waals surface area contributed by atoms with Crippen molar-refractivity contribution in [2.45, 2.75) is 13.5 Å². The van der Waals surface area contributed by atoms with Crippen molar-refractivity contribution < 1.29 is 13.6 Å². The van der Waals surface area contributed by atoms with Crippen LogP contribution in [-0.4, -0.2) is 24.3 Å². The second kappa shape index (κ2) is 6.48. The molecule has 0 bridgehead atoms. The predicted octanol–water partition coefficient (Wildman–Crippen LogP) is 3.37. The maximum absolute atomic E-state index is 13.6. The van der Waals surface area contributed by atoms with Gasteiger partial charge in [-0.25, -0.2) is 4.39 Å². The van der Waals surface area contributed by atoms with Crippen LogP contribution in [0, 0.1) is 11.7 Å². The average molecular weight is 275 g/mol. The maximum atomic E-state index is 13.6. The average Bonchev–Trinajstić information content (AvgIpc) is 2.91. The van der Waals surface area contributed by atoms with Crippen LogP contribution in [0.25, 0.3) is 0 Å². The van der Waals surface area contributed by atoms with Gasteiger partial charge in [0.25, 0.3) is 0 Å². The van der Waals surface area contributed by atoms with Crippen LogP contribution in [0.3, 0.4) is 0 Å². The first-order chi connectivity index (χ1) is 9.58. The summed E-state index contributed by atoms with van der Waals surface area (Å²) in [6, 6.07) is 9.82. The lowest BCUT2D eigenvalue weighted by Gasteiger charge is -2.19. The SMILES string of the molecule is CC(CN(C)Cc1ccco1)C(=O)c1ccccc1F. The number of Topliss-reactive ketones (excluding diaryl/α,β-unsaturated/α-hetero) is 1. The molecular formula is C16H18FNO2. The Morgan fingerprint density at radius 2 is 2.05 bits per heavy atom. The fraction of sp³-hybridized carbons (Fsp3) is 0.312. The quantitative estimate of drug-likeness (QED) is 0.758. The molecule has 1 unspecified atom stereocenters. The minimum Gasteiger partial charge on any atom is -0.468 e. The van der Waals surface area contributed by atoms with Crippen LogP contribution in [0.1, 0.15) is 23.0 Å². The minimum absolute atomic E-state index is 0.159. The minimum atomic E-state index is -0.460. The van der Waals surface area contributed by atoms with Crippen LogP contribution in [0.2, 0.25) is 0 Å². The molecule has 0 aliphatic carbocycles. The molecule has 0 amide bonds. The van der Waals surface area contributed by atoms with E-state index < -0.39 is 5.82 Å². The predicted molar refractivity (Wildman–Crippen MR) is 74.9 cm³/mol. The van der Waals surface area contributed by atoms with Gasteiger partial charge in [0.15, 0.2) is 5.78 Å². The maximum Gasteiger partial charge on any atom is 0.169 e. The Kier molecular flexibility index (Phi) is 4.69. The molecular weight excluding hydrogens is 257 g/mol. The van der Waals surface area contributed by atoms with E-state index in [0.717, 1.165) is 5.76 Å². The van der Waals surface area contributed by atoms with Crippen molar-refractivity contribution in [3.05, 3.63) is 59.8 Å². The molecule has 0 N–H and O–H groups in total. The van der Waals surface area contributed by atoms with Gasteiger partial charge in [0.05, 0.1) is 18.4 Å². The Balaban J connectivity index is 1.96. The lowest BCUT2D eigenvalue weighted by atomic mass is 9.98. The fourth-order valence-corrected chi connectivity index (χ4v) is 2.21. The molecule has 2 aromatic rings. The van der Waals surface area contributed by atoms with Gasteiger partial charge in [0, 0.05) is 12.5 Å². The van der Waals surface area contributed by atoms with Crippen LogP contribution >= 0.6 is 0 Å². The molecule has 20 heavy (non-hydrogen) atoms. The van der Waals surface area contributed by atoms with Crippen molar-refractivity contribution >= 4 is 5.78 Å². The number of nitrogens with zero attached hydrogens (tertiary/aromatic N) is 1. The van der Waals surface area contributed by atoms with Gasteiger partial charge in [0.2, 0.25) is 0 Å². The highest BCUT2D eigenvalue weighted by Gasteiger charge is 2.20. The van der Waals surface area contributed by atoms with E-state index in [1.165, 1.54) is 12.1 Å². The van der Waals surface area contributed by atoms with Crippen molar-refractivity contribution in [1.29, 1.82) is 0 Å². The molecule has 1 heterocycles. The van der Waals surface area contributed by atoms with Crippen LogP contribution in [0.4, 0.5) is 4.39 Å². The number of carbonyl (C=O) groups is 1. The molecule has 1 aromatic heterocycles. The van der Waals surface area contributed by atoms with Crippen molar-refractivity contribution in [3.8, 4) is 0 Å². The number of hydrogen-bond donors (Lipinski definition) is 0. The molecule has 0 aliphatic heterocycles. The zero-order valence-corrected chi connectivity index (χ0v) is 11.7. The molecule has 106 valence electrons. The number of benzene rings is 1. The van der Waals surface area contributed by atoms with Gasteiger partial charge in [0.1, 0.15) is 11.6 Å². The van der Waals surface area contributed by atoms with E-state index in [0.29, 0.717) is 13.1 Å². The van der Waals surface area contributed by atoms with Crippen LogP contribution in [-0.2, 0) is 6.54 Å². The monoisotopic (exact) mass is 275 g/mol. The second-order valence-electron chi connectivity index (χ2n) is 5.02. The zero-order chi connectivity index (χ0) is 14.5. The number of carbonyl (C=O) groups excluding carboxylic acids is 1. The van der Waals surface area contributed by atoms with E-state index in [9.17, 15) is 9.18 Å². The molecule has 0 fully saturated rings. The van der Waals surface area contributed by atoms with Gasteiger partial charge in [-0.1, -0.05) is 19.1 Å². The van der Waals surface area contributed by atoms with E-state index in [-0.39, 0.29) is 17.3 Å². The van der Waals surface area contributed by atoms with Gasteiger partial charge in [-0.3, -0.25) is 9.69 Å². The third kappa shape index (κ3) is 3.54. The number of rotatable bonds is 6. The number of furan rings is 1. The summed E-state index contributed by atoms with van der Waals surface area (Å²) < 4.78 is 18.9. The van der Waals surface area contributed by atoms with Crippen LogP contribution in [0.15, 0.2) is 47.1 Å². The van der Waals surface area contributed by atoms with Crippen LogP contribution in [0.5, 0.6) is 0 Å². The van der Waals surface area contributed by atoms with E-state index in [4.69, 9.17) is 4.42 Å². The molecule has 4 heteroatoms. The molecule has 0 saturated heterocycles. The first kappa shape index (κ1) is 14.5. The van der Waals surface area contributed by atoms with E-state index in [1.807, 2.05) is 31.0 Å². The Hall–Kier alpha value is -1.94. The number of ketones is 1. The van der Waals surface area contributed by atoms with Gasteiger partial charge < -0.3 is 4.42 Å². The third-order valence-corrected chi connectivity index (χ3v) is 3.18. The lowest BCUT2D eigenvalue weighted by Crippen LogP contribution is -2.28. The summed E-state index contributed by atoms with van der Waals surface area (Å²) in [5, 5.41) is 0. The van der Waals surface area contributed by atoms with Crippen molar-refractivity contribution in [3.63, 3.8) is 0 Å². The summed E-state index contributed by atoms with van der Waals surface area (Å²) in [4.78, 5) is 14.2. The molecule has 1 atom stereocenters. The van der Waals surface area contributed by atoms with E-state index in [2.05, 4.69) is 0 Å². The lowest BCUT2D eigenvalue weighted by molar-refractivity contribution is 0.0894. The normalized spacial score (nSPS) is 12.6. The molecule has 0 spiro atoms. The molecule has 0 saturated carbocycles. The molecule has 0 radical (unpaired) electrons. The Labute approximate surface area is 118 Å². The van der Waals surface area contributed by atoms with Crippen LogP contribution < -0.4 is 0 Å². The van der Waals surface area contributed by atoms with Crippen molar-refractivity contribution in [2.24, 2.45) is 5.92 Å². The molecule has 0 aliphatic rings. The smallest absolute Gasteiger partial charge is 0.169 e. The highest BCUT2D eigenvalue weighted by Crippen LogP contribution is 2.14. The van der Waals surface area contributed by atoms with Gasteiger partial charge >= 0.3 is 0 Å². The van der Waals surface area contributed by atoms with E-state index in [1.54, 1.807) is 18.4 Å². The zero-order valence-electron chi connectivity index (χ0n) is 11.7. The Morgan fingerprint density at radius 1 is 1.30 bits per heavy atom. The fourth-order valence-electron chi connectivity index (χ4n) is 2.21. The topological polar surface area (TPSA) is 33.5 Å². The standard InChI is InChI=1S/C16H18FNO2/c1-12(10-18(2)11-13-6-5-9-20-13)16(19)14-7-3-4-8-15(14)17/h3-9,12H,10-11H2,1-2H3. The first-order valence-corrected chi connectivity index (χ1v) is 6.57. The Morgan fingerprint density at radius 3 is 2.70 bits per heavy atom. The summed E-state index contributed by atoms with van der Waals surface area (Å²) >= 11 is 0. The van der Waals surface area contributed by atoms with Gasteiger partial charge in [-0.2, -0.15) is 0 Å². The van der Waals surface area contributed by atoms with E-state index >= 15 is 0 Å².